The molecule has 1 aromatic carbocycles. The number of phenols is 1. The number of rotatable bonds is 3. The molecule has 1 amide bonds. The molecule has 1 aromatic heterocycles. The number of amides is 1. The second-order valence-corrected chi connectivity index (χ2v) is 10.3. The van der Waals surface area contributed by atoms with Gasteiger partial charge in [0.2, 0.25) is 5.91 Å². The Morgan fingerprint density at radius 3 is 2.88 bits per heavy atom. The maximum absolute atomic E-state index is 13.2. The summed E-state index contributed by atoms with van der Waals surface area (Å²) in [6.07, 6.45) is 9.08. The smallest absolute Gasteiger partial charge is 0.246 e. The molecule has 1 saturated carbocycles. The van der Waals surface area contributed by atoms with Gasteiger partial charge in [-0.15, -0.1) is 0 Å². The third-order valence-corrected chi connectivity index (χ3v) is 9.10. The summed E-state index contributed by atoms with van der Waals surface area (Å²) in [6, 6.07) is 5.18. The van der Waals surface area contributed by atoms with Gasteiger partial charge in [0, 0.05) is 30.3 Å². The number of nitrogens with zero attached hydrogens (tertiary/aromatic N) is 2. The average Bonchev–Trinajstić information content (AvgIpc) is 3.39. The second-order valence-electron chi connectivity index (χ2n) is 10.3. The molecule has 1 saturated heterocycles. The topological polar surface area (TPSA) is 86.4 Å². The highest BCUT2D eigenvalue weighted by molar-refractivity contribution is 5.92. The molecule has 2 bridgehead atoms. The van der Waals surface area contributed by atoms with Crippen molar-refractivity contribution in [2.24, 2.45) is 0 Å². The number of piperidine rings is 1. The Hall–Kier alpha value is -2.77. The van der Waals surface area contributed by atoms with Crippen molar-refractivity contribution in [1.82, 2.24) is 9.80 Å². The molecule has 5 atom stereocenters. The van der Waals surface area contributed by atoms with E-state index in [1.165, 1.54) is 0 Å². The van der Waals surface area contributed by atoms with Gasteiger partial charge in [0.05, 0.1) is 29.6 Å². The highest BCUT2D eigenvalue weighted by Gasteiger charge is 2.77. The number of likely N-dealkylation sites (tertiary alicyclic amines) is 1. The highest BCUT2D eigenvalue weighted by atomic mass is 16.5. The Labute approximate surface area is 193 Å². The molecule has 0 unspecified atom stereocenters. The number of hydrogen-bond acceptors (Lipinski definition) is 6. The maximum Gasteiger partial charge on any atom is 0.246 e. The van der Waals surface area contributed by atoms with Crippen molar-refractivity contribution in [3.63, 3.8) is 0 Å². The molecule has 174 valence electrons. The third-order valence-electron chi connectivity index (χ3n) is 9.10. The van der Waals surface area contributed by atoms with Crippen LogP contribution < -0.4 is 4.74 Å². The van der Waals surface area contributed by atoms with E-state index in [1.807, 2.05) is 13.0 Å². The van der Waals surface area contributed by atoms with Crippen LogP contribution in [-0.2, 0) is 16.6 Å². The van der Waals surface area contributed by atoms with Crippen molar-refractivity contribution < 1.29 is 24.2 Å². The summed E-state index contributed by atoms with van der Waals surface area (Å²) in [6.45, 7) is 2.85. The van der Waals surface area contributed by atoms with Crippen molar-refractivity contribution in [1.29, 1.82) is 0 Å². The van der Waals surface area contributed by atoms with Crippen LogP contribution in [0.3, 0.4) is 0 Å². The van der Waals surface area contributed by atoms with Crippen molar-refractivity contribution in [2.45, 2.75) is 61.3 Å². The second kappa shape index (κ2) is 6.64. The first-order valence-electron chi connectivity index (χ1n) is 11.7. The number of carbonyl (C=O) groups excluding carboxylic acids is 1. The average molecular weight is 451 g/mol. The number of aliphatic hydroxyl groups is 1. The first kappa shape index (κ1) is 20.8. The number of hydrogen-bond donors (Lipinski definition) is 2. The number of aromatic hydroxyl groups is 1. The lowest BCUT2D eigenvalue weighted by atomic mass is 9.44. The standard InChI is InChI=1S/C26H30N2O5/c1-24-19(28(3)21(30)7-4-16-9-13-32-15-16)8-10-26(31)20-14-17-5-6-18(29)23(33-24)22(17)25(24,26)11-12-27(20)2/h4-7,9,13,15,19-20,29,31H,8,10-12,14H2,1-3H3/b7-4+/t19-,20+,24-,25-,26+/m0/s1. The summed E-state index contributed by atoms with van der Waals surface area (Å²) < 4.78 is 11.8. The summed E-state index contributed by atoms with van der Waals surface area (Å²) in [7, 11) is 3.89. The molecule has 4 aliphatic rings. The fourth-order valence-corrected chi connectivity index (χ4v) is 7.56. The quantitative estimate of drug-likeness (QED) is 0.700. The molecule has 2 aliphatic carbocycles. The van der Waals surface area contributed by atoms with Crippen LogP contribution in [0.2, 0.25) is 0 Å². The van der Waals surface area contributed by atoms with Crippen molar-refractivity contribution in [2.75, 3.05) is 20.6 Å². The Kier molecular flexibility index (Phi) is 4.19. The van der Waals surface area contributed by atoms with Crippen LogP contribution in [0.1, 0.15) is 42.9 Å². The van der Waals surface area contributed by atoms with Gasteiger partial charge in [-0.2, -0.15) is 0 Å². The molecule has 2 N–H and O–H groups in total. The largest absolute Gasteiger partial charge is 0.504 e. The fourth-order valence-electron chi connectivity index (χ4n) is 7.56. The SMILES string of the molecule is CN1CC[C@]23c4c5ccc(O)c4O[C@@]2(C)[C@@H](N(C)C(=O)/C=C/c2ccoc2)CC[C@@]3(O)[C@H]1C5. The molecular formula is C26H30N2O5. The van der Waals surface area contributed by atoms with Crippen LogP contribution in [-0.4, -0.2) is 69.8 Å². The maximum atomic E-state index is 13.2. The molecule has 1 spiro atoms. The number of ether oxygens (including phenoxy) is 1. The molecule has 2 aromatic rings. The first-order valence-corrected chi connectivity index (χ1v) is 11.7. The van der Waals surface area contributed by atoms with E-state index >= 15 is 0 Å². The van der Waals surface area contributed by atoms with Gasteiger partial charge in [-0.1, -0.05) is 6.07 Å². The Morgan fingerprint density at radius 2 is 2.12 bits per heavy atom. The normalized spacial score (nSPS) is 36.5. The van der Waals surface area contributed by atoms with Gasteiger partial charge in [0.25, 0.3) is 0 Å². The zero-order chi connectivity index (χ0) is 23.2. The summed E-state index contributed by atoms with van der Waals surface area (Å²) in [4.78, 5) is 17.2. The fraction of sp³-hybridized carbons (Fsp3) is 0.500. The molecule has 3 heterocycles. The molecule has 2 aliphatic heterocycles. The van der Waals surface area contributed by atoms with Crippen molar-refractivity contribution in [3.05, 3.63) is 53.5 Å². The number of carbonyl (C=O) groups is 1. The predicted molar refractivity (Wildman–Crippen MR) is 122 cm³/mol. The Balaban J connectivity index is 1.46. The predicted octanol–water partition coefficient (Wildman–Crippen LogP) is 2.70. The van der Waals surface area contributed by atoms with Gasteiger partial charge in [-0.05, 0) is 70.0 Å². The number of furan rings is 1. The van der Waals surface area contributed by atoms with E-state index in [1.54, 1.807) is 48.8 Å². The summed E-state index contributed by atoms with van der Waals surface area (Å²) in [5.41, 5.74) is 0.352. The molecule has 0 radical (unpaired) electrons. The van der Waals surface area contributed by atoms with Gasteiger partial charge in [0.15, 0.2) is 11.5 Å². The zero-order valence-electron chi connectivity index (χ0n) is 19.2. The van der Waals surface area contributed by atoms with Crippen LogP contribution in [0.4, 0.5) is 0 Å². The zero-order valence-corrected chi connectivity index (χ0v) is 19.2. The van der Waals surface area contributed by atoms with E-state index < -0.39 is 16.6 Å². The monoisotopic (exact) mass is 450 g/mol. The Morgan fingerprint density at radius 1 is 1.30 bits per heavy atom. The highest BCUT2D eigenvalue weighted by Crippen LogP contribution is 2.69. The van der Waals surface area contributed by atoms with Crippen LogP contribution >= 0.6 is 0 Å². The van der Waals surface area contributed by atoms with E-state index in [4.69, 9.17) is 9.15 Å². The van der Waals surface area contributed by atoms with Crippen molar-refractivity contribution >= 4 is 12.0 Å². The van der Waals surface area contributed by atoms with Crippen LogP contribution in [0.5, 0.6) is 11.5 Å². The van der Waals surface area contributed by atoms with Crippen LogP contribution in [0.25, 0.3) is 6.08 Å². The van der Waals surface area contributed by atoms with E-state index in [9.17, 15) is 15.0 Å². The molecule has 7 nitrogen and oxygen atoms in total. The van der Waals surface area contributed by atoms with Crippen molar-refractivity contribution in [3.8, 4) is 11.5 Å². The van der Waals surface area contributed by atoms with Crippen LogP contribution in [0, 0.1) is 0 Å². The van der Waals surface area contributed by atoms with Gasteiger partial charge < -0.3 is 29.2 Å². The lowest BCUT2D eigenvalue weighted by molar-refractivity contribution is -0.226. The minimum Gasteiger partial charge on any atom is -0.504 e. The minimum absolute atomic E-state index is 0.0277. The molecular weight excluding hydrogens is 420 g/mol. The first-order chi connectivity index (χ1) is 15.7. The Bertz CT molecular complexity index is 1160. The summed E-state index contributed by atoms with van der Waals surface area (Å²) >= 11 is 0. The third kappa shape index (κ3) is 2.39. The van der Waals surface area contributed by atoms with Gasteiger partial charge in [-0.3, -0.25) is 4.79 Å². The number of benzene rings is 1. The van der Waals surface area contributed by atoms with E-state index in [-0.39, 0.29) is 23.7 Å². The van der Waals surface area contributed by atoms with E-state index in [0.717, 1.165) is 29.7 Å². The van der Waals surface area contributed by atoms with Crippen LogP contribution in [0.15, 0.2) is 41.2 Å². The summed E-state index contributed by atoms with van der Waals surface area (Å²) in [5, 5.41) is 23.1. The molecule has 2 fully saturated rings. The summed E-state index contributed by atoms with van der Waals surface area (Å²) in [5.74, 6) is 0.456. The lowest BCUT2D eigenvalue weighted by Crippen LogP contribution is -2.81. The lowest BCUT2D eigenvalue weighted by Gasteiger charge is -2.67. The molecule has 7 heteroatoms. The van der Waals surface area contributed by atoms with E-state index in [2.05, 4.69) is 11.9 Å². The number of likely N-dealkylation sites (N-methyl/N-ethyl adjacent to an activating group) is 2. The minimum atomic E-state index is -0.992. The van der Waals surface area contributed by atoms with Gasteiger partial charge in [0.1, 0.15) is 5.60 Å². The van der Waals surface area contributed by atoms with Gasteiger partial charge >= 0.3 is 0 Å². The molecule has 6 rings (SSSR count). The molecule has 33 heavy (non-hydrogen) atoms. The number of phenolic OH excluding ortho intramolecular Hbond substituents is 1. The van der Waals surface area contributed by atoms with E-state index in [0.29, 0.717) is 25.0 Å². The van der Waals surface area contributed by atoms with Gasteiger partial charge in [-0.25, -0.2) is 0 Å².